The fourth-order valence-corrected chi connectivity index (χ4v) is 2.94. The van der Waals surface area contributed by atoms with Crippen LogP contribution in [0.25, 0.3) is 11.2 Å². The maximum Gasteiger partial charge on any atom is 0.469 e. The van der Waals surface area contributed by atoms with Crippen LogP contribution in [0.15, 0.2) is 12.7 Å². The number of ether oxygens (including phenoxy) is 1. The quantitative estimate of drug-likeness (QED) is 0.179. The van der Waals surface area contributed by atoms with Crippen molar-refractivity contribution >= 4 is 24.8 Å². The van der Waals surface area contributed by atoms with Gasteiger partial charge in [0.1, 0.15) is 30.2 Å². The van der Waals surface area contributed by atoms with Gasteiger partial charge < -0.3 is 41.5 Å². The Balaban J connectivity index is 0.000000438. The van der Waals surface area contributed by atoms with Crippen LogP contribution >= 0.6 is 7.82 Å². The van der Waals surface area contributed by atoms with Gasteiger partial charge >= 0.3 is 7.82 Å². The van der Waals surface area contributed by atoms with Crippen LogP contribution in [0.1, 0.15) is 12.6 Å². The number of fused-ring (bicyclic) bond motifs is 1. The molecule has 0 amide bonds. The number of aliphatic hydroxyl groups excluding tert-OH is 2. The summed E-state index contributed by atoms with van der Waals surface area (Å²) in [7, 11) is -2.79. The van der Waals surface area contributed by atoms with E-state index in [1.807, 2.05) is 7.05 Å². The zero-order valence-corrected chi connectivity index (χ0v) is 16.6. The molecule has 29 heavy (non-hydrogen) atoms. The highest BCUT2D eigenvalue weighted by Crippen LogP contribution is 2.38. The van der Waals surface area contributed by atoms with Gasteiger partial charge in [-0.05, 0) is 26.6 Å². The third-order valence-electron chi connectivity index (χ3n) is 4.04. The number of hydrogen-bond donors (Lipinski definition) is 7. The topological polar surface area (TPSA) is 224 Å². The van der Waals surface area contributed by atoms with Crippen molar-refractivity contribution < 1.29 is 33.8 Å². The van der Waals surface area contributed by atoms with E-state index in [9.17, 15) is 14.8 Å². The van der Waals surface area contributed by atoms with Crippen LogP contribution < -0.4 is 16.8 Å². The molecular formula is C14H26N7O7P. The van der Waals surface area contributed by atoms with E-state index in [4.69, 9.17) is 26.0 Å². The van der Waals surface area contributed by atoms with Gasteiger partial charge in [-0.15, -0.1) is 0 Å². The molecule has 15 heteroatoms. The van der Waals surface area contributed by atoms with Crippen LogP contribution in [0.2, 0.25) is 0 Å². The maximum atomic E-state index is 10.7. The van der Waals surface area contributed by atoms with Gasteiger partial charge in [0.15, 0.2) is 17.7 Å². The van der Waals surface area contributed by atoms with Gasteiger partial charge in [0.05, 0.1) is 12.9 Å². The SMILES string of the molecule is CNCCCN.Nc1ncnc2c1ncn2[C@@H]1O[C@H](COP(=O)(O)O)[C@@H](O)[C@H]1O. The van der Waals surface area contributed by atoms with Crippen molar-refractivity contribution in [3.05, 3.63) is 12.7 Å². The van der Waals surface area contributed by atoms with Crippen molar-refractivity contribution in [2.45, 2.75) is 31.0 Å². The first kappa shape index (κ1) is 23.5. The third-order valence-corrected chi connectivity index (χ3v) is 4.52. The predicted molar refractivity (Wildman–Crippen MR) is 101 cm³/mol. The van der Waals surface area contributed by atoms with Gasteiger partial charge in [0, 0.05) is 0 Å². The Kier molecular flexibility index (Phi) is 8.39. The molecule has 0 saturated carbocycles. The monoisotopic (exact) mass is 435 g/mol. The second kappa shape index (κ2) is 10.3. The fourth-order valence-electron chi connectivity index (χ4n) is 2.60. The molecule has 1 aliphatic heterocycles. The lowest BCUT2D eigenvalue weighted by Gasteiger charge is -2.16. The van der Waals surface area contributed by atoms with Crippen LogP contribution in [-0.2, 0) is 13.8 Å². The Morgan fingerprint density at radius 3 is 2.62 bits per heavy atom. The number of aliphatic hydroxyl groups is 2. The second-order valence-corrected chi connectivity index (χ2v) is 7.40. The van der Waals surface area contributed by atoms with E-state index in [0.29, 0.717) is 5.52 Å². The first-order valence-electron chi connectivity index (χ1n) is 8.69. The van der Waals surface area contributed by atoms with E-state index in [1.165, 1.54) is 17.2 Å². The highest BCUT2D eigenvalue weighted by molar-refractivity contribution is 7.46. The van der Waals surface area contributed by atoms with Crippen molar-refractivity contribution in [2.24, 2.45) is 5.73 Å². The number of phosphoric ester groups is 1. The molecule has 0 unspecified atom stereocenters. The summed E-state index contributed by atoms with van der Waals surface area (Å²) in [5.74, 6) is 0.142. The summed E-state index contributed by atoms with van der Waals surface area (Å²) < 4.78 is 21.8. The predicted octanol–water partition coefficient (Wildman–Crippen LogP) is -2.31. The Bertz CT molecular complexity index is 828. The minimum Gasteiger partial charge on any atom is -0.387 e. The highest BCUT2D eigenvalue weighted by atomic mass is 31.2. The van der Waals surface area contributed by atoms with Gasteiger partial charge in [-0.3, -0.25) is 9.09 Å². The number of hydrogen-bond acceptors (Lipinski definition) is 11. The lowest BCUT2D eigenvalue weighted by atomic mass is 10.1. The van der Waals surface area contributed by atoms with Crippen molar-refractivity contribution in [3.63, 3.8) is 0 Å². The van der Waals surface area contributed by atoms with E-state index < -0.39 is 39.0 Å². The van der Waals surface area contributed by atoms with Gasteiger partial charge in [0.2, 0.25) is 0 Å². The number of nitrogens with zero attached hydrogens (tertiary/aromatic N) is 4. The molecule has 4 atom stereocenters. The molecule has 0 spiro atoms. The number of nitrogens with one attached hydrogen (secondary N) is 1. The van der Waals surface area contributed by atoms with Gasteiger partial charge in [-0.1, -0.05) is 0 Å². The largest absolute Gasteiger partial charge is 0.469 e. The summed E-state index contributed by atoms with van der Waals surface area (Å²) in [5, 5.41) is 23.0. The van der Waals surface area contributed by atoms with E-state index in [1.54, 1.807) is 0 Å². The molecule has 2 aromatic rings. The summed E-state index contributed by atoms with van der Waals surface area (Å²) >= 11 is 0. The number of aromatic nitrogens is 4. The van der Waals surface area contributed by atoms with Gasteiger partial charge in [-0.2, -0.15) is 0 Å². The van der Waals surface area contributed by atoms with Crippen molar-refractivity contribution in [2.75, 3.05) is 32.5 Å². The average molecular weight is 435 g/mol. The van der Waals surface area contributed by atoms with Crippen LogP contribution in [0.4, 0.5) is 5.82 Å². The molecule has 1 aliphatic rings. The third kappa shape index (κ3) is 6.12. The minimum absolute atomic E-state index is 0.142. The fraction of sp³-hybridized carbons (Fsp3) is 0.643. The Morgan fingerprint density at radius 2 is 2.03 bits per heavy atom. The number of nitrogen functional groups attached to an aromatic ring is 1. The van der Waals surface area contributed by atoms with Crippen LogP contribution in [0, 0.1) is 0 Å². The summed E-state index contributed by atoms with van der Waals surface area (Å²) in [6, 6.07) is 0. The van der Waals surface area contributed by atoms with E-state index in [2.05, 4.69) is 24.8 Å². The number of imidazole rings is 1. The normalized spacial score (nSPS) is 24.5. The molecule has 0 bridgehead atoms. The molecule has 14 nitrogen and oxygen atoms in total. The molecule has 0 aromatic carbocycles. The molecule has 2 aromatic heterocycles. The molecule has 1 saturated heterocycles. The van der Waals surface area contributed by atoms with E-state index in [0.717, 1.165) is 19.5 Å². The van der Waals surface area contributed by atoms with Crippen LogP contribution in [-0.4, -0.2) is 84.6 Å². The Labute approximate surface area is 166 Å². The van der Waals surface area contributed by atoms with E-state index >= 15 is 0 Å². The Morgan fingerprint density at radius 1 is 1.31 bits per heavy atom. The summed E-state index contributed by atoms with van der Waals surface area (Å²) in [5.41, 5.74) is 11.4. The number of phosphoric acid groups is 1. The van der Waals surface area contributed by atoms with E-state index in [-0.39, 0.29) is 11.5 Å². The maximum absolute atomic E-state index is 10.7. The lowest BCUT2D eigenvalue weighted by Crippen LogP contribution is -2.33. The zero-order chi connectivity index (χ0) is 21.6. The number of anilines is 1. The summed E-state index contributed by atoms with van der Waals surface area (Å²) in [6.45, 7) is 1.24. The molecule has 3 rings (SSSR count). The van der Waals surface area contributed by atoms with Crippen molar-refractivity contribution in [3.8, 4) is 0 Å². The second-order valence-electron chi connectivity index (χ2n) is 6.16. The lowest BCUT2D eigenvalue weighted by molar-refractivity contribution is -0.0504. The standard InChI is InChI=1S/C10H14N5O7P.C4H12N2/c11-8-5-9(13-2-12-8)15(3-14-5)10-7(17)6(16)4(22-10)1-21-23(18,19)20;1-6-4-2-3-5/h2-4,6-7,10,16-17H,1H2,(H2,11,12,13)(H2,18,19,20);6H,2-5H2,1H3/t4-,6-,7-,10-;/m1./s1. The highest BCUT2D eigenvalue weighted by Gasteiger charge is 2.45. The first-order chi connectivity index (χ1) is 13.7. The molecular weight excluding hydrogens is 409 g/mol. The Hall–Kier alpha value is -1.74. The molecule has 164 valence electrons. The van der Waals surface area contributed by atoms with Gasteiger partial charge in [0.25, 0.3) is 0 Å². The zero-order valence-electron chi connectivity index (χ0n) is 15.7. The number of rotatable bonds is 7. The molecule has 3 heterocycles. The summed E-state index contributed by atoms with van der Waals surface area (Å²) in [4.78, 5) is 29.2. The molecule has 0 aliphatic carbocycles. The summed E-state index contributed by atoms with van der Waals surface area (Å²) in [6.07, 6.45) is -1.41. The average Bonchev–Trinajstić information content (AvgIpc) is 3.21. The van der Waals surface area contributed by atoms with Gasteiger partial charge in [-0.25, -0.2) is 19.5 Å². The van der Waals surface area contributed by atoms with Crippen LogP contribution in [0.5, 0.6) is 0 Å². The smallest absolute Gasteiger partial charge is 0.387 e. The number of nitrogens with two attached hydrogens (primary N) is 2. The first-order valence-corrected chi connectivity index (χ1v) is 10.2. The molecule has 9 N–H and O–H groups in total. The van der Waals surface area contributed by atoms with Crippen molar-refractivity contribution in [1.82, 2.24) is 24.8 Å². The molecule has 1 fully saturated rings. The minimum atomic E-state index is -4.72. The van der Waals surface area contributed by atoms with Crippen LogP contribution in [0.3, 0.4) is 0 Å². The van der Waals surface area contributed by atoms with Crippen molar-refractivity contribution in [1.29, 1.82) is 0 Å². The molecule has 0 radical (unpaired) electrons.